The Hall–Kier alpha value is -2.51. The molecule has 0 aliphatic rings. The van der Waals surface area contributed by atoms with E-state index in [0.29, 0.717) is 6.42 Å². The van der Waals surface area contributed by atoms with Crippen LogP contribution in [0.15, 0.2) is 18.2 Å². The molecule has 0 saturated carbocycles. The van der Waals surface area contributed by atoms with E-state index in [1.165, 1.54) is 0 Å². The van der Waals surface area contributed by atoms with Gasteiger partial charge in [0, 0.05) is 18.6 Å². The average molecular weight is 267 g/mol. The summed E-state index contributed by atoms with van der Waals surface area (Å²) in [7, 11) is 0. The summed E-state index contributed by atoms with van der Waals surface area (Å²) >= 11 is 0. The number of carbonyl (C=O) groups is 1. The molecule has 0 bridgehead atoms. The Kier molecular flexibility index (Phi) is 4.92. The third-order valence-corrected chi connectivity index (χ3v) is 2.37. The lowest BCUT2D eigenvalue weighted by Crippen LogP contribution is -2.11. The first-order valence-corrected chi connectivity index (χ1v) is 5.67. The Morgan fingerprint density at radius 2 is 1.68 bits per heavy atom. The monoisotopic (exact) mass is 267 g/mol. The van der Waals surface area contributed by atoms with Crippen molar-refractivity contribution in [2.75, 3.05) is 5.32 Å². The summed E-state index contributed by atoms with van der Waals surface area (Å²) in [5, 5.41) is 23.7. The summed E-state index contributed by atoms with van der Waals surface area (Å²) in [5.41, 5.74) is -0.804. The second kappa shape index (κ2) is 6.43. The molecule has 0 aliphatic carbocycles. The van der Waals surface area contributed by atoms with Crippen LogP contribution >= 0.6 is 0 Å². The number of rotatable bonds is 6. The Bertz CT molecular complexity index is 483. The molecule has 1 aromatic carbocycles. The highest BCUT2D eigenvalue weighted by molar-refractivity contribution is 5.91. The molecule has 0 spiro atoms. The van der Waals surface area contributed by atoms with Crippen molar-refractivity contribution >= 4 is 23.0 Å². The lowest BCUT2D eigenvalue weighted by molar-refractivity contribution is -0.394. The molecule has 0 radical (unpaired) electrons. The van der Waals surface area contributed by atoms with E-state index in [9.17, 15) is 25.0 Å². The fourth-order valence-electron chi connectivity index (χ4n) is 1.44. The number of nitrogens with one attached hydrogen (secondary N) is 1. The minimum atomic E-state index is -0.741. The zero-order valence-corrected chi connectivity index (χ0v) is 10.3. The Labute approximate surface area is 108 Å². The second-order valence-electron chi connectivity index (χ2n) is 3.90. The number of amides is 1. The van der Waals surface area contributed by atoms with Crippen LogP contribution in [0.1, 0.15) is 26.2 Å². The van der Waals surface area contributed by atoms with Crippen LogP contribution in [0.3, 0.4) is 0 Å². The molecule has 19 heavy (non-hydrogen) atoms. The zero-order valence-electron chi connectivity index (χ0n) is 10.3. The van der Waals surface area contributed by atoms with Crippen molar-refractivity contribution in [3.05, 3.63) is 38.4 Å². The number of nitro benzene ring substituents is 2. The average Bonchev–Trinajstić information content (AvgIpc) is 2.35. The molecule has 1 rings (SSSR count). The molecule has 1 aromatic rings. The van der Waals surface area contributed by atoms with Gasteiger partial charge in [-0.2, -0.15) is 0 Å². The Morgan fingerprint density at radius 1 is 1.16 bits per heavy atom. The SMILES string of the molecule is CCCCC(=O)Nc1cc([N+](=O)[O-])cc([N+](=O)[O-])c1. The van der Waals surface area contributed by atoms with Gasteiger partial charge >= 0.3 is 0 Å². The Morgan fingerprint density at radius 3 is 2.11 bits per heavy atom. The van der Waals surface area contributed by atoms with E-state index in [1.807, 2.05) is 6.92 Å². The van der Waals surface area contributed by atoms with Gasteiger partial charge < -0.3 is 5.32 Å². The molecule has 102 valence electrons. The number of nitrogens with zero attached hydrogens (tertiary/aromatic N) is 2. The summed E-state index contributed by atoms with van der Waals surface area (Å²) in [6.07, 6.45) is 1.79. The van der Waals surface area contributed by atoms with E-state index in [1.54, 1.807) is 0 Å². The number of hydrogen-bond donors (Lipinski definition) is 1. The van der Waals surface area contributed by atoms with Crippen molar-refractivity contribution in [1.29, 1.82) is 0 Å². The van der Waals surface area contributed by atoms with Gasteiger partial charge in [0.25, 0.3) is 11.4 Å². The number of hydrogen-bond acceptors (Lipinski definition) is 5. The molecule has 0 fully saturated rings. The fourth-order valence-corrected chi connectivity index (χ4v) is 1.44. The number of carbonyl (C=O) groups excluding carboxylic acids is 1. The maximum absolute atomic E-state index is 11.5. The highest BCUT2D eigenvalue weighted by atomic mass is 16.6. The van der Waals surface area contributed by atoms with Crippen LogP contribution in [-0.2, 0) is 4.79 Å². The molecule has 1 N–H and O–H groups in total. The smallest absolute Gasteiger partial charge is 0.278 e. The minimum absolute atomic E-state index is 0.0574. The summed E-state index contributed by atoms with van der Waals surface area (Å²) < 4.78 is 0. The number of unbranched alkanes of at least 4 members (excludes halogenated alkanes) is 1. The van der Waals surface area contributed by atoms with Crippen LogP contribution in [0, 0.1) is 20.2 Å². The van der Waals surface area contributed by atoms with Gasteiger partial charge in [0.1, 0.15) is 0 Å². The number of nitro groups is 2. The maximum atomic E-state index is 11.5. The summed E-state index contributed by atoms with van der Waals surface area (Å²) in [5.74, 6) is -0.323. The molecule has 0 saturated heterocycles. The quantitative estimate of drug-likeness (QED) is 0.628. The standard InChI is InChI=1S/C11H13N3O5/c1-2-3-4-11(15)12-8-5-9(13(16)17)7-10(6-8)14(18)19/h5-7H,2-4H2,1H3,(H,12,15). The molecular formula is C11H13N3O5. The van der Waals surface area contributed by atoms with Crippen LogP contribution in [0.2, 0.25) is 0 Å². The van der Waals surface area contributed by atoms with Gasteiger partial charge in [-0.05, 0) is 6.42 Å². The van der Waals surface area contributed by atoms with E-state index < -0.39 is 21.2 Å². The highest BCUT2D eigenvalue weighted by Gasteiger charge is 2.17. The van der Waals surface area contributed by atoms with Crippen LogP contribution in [0.25, 0.3) is 0 Å². The van der Waals surface area contributed by atoms with Gasteiger partial charge in [0.15, 0.2) is 0 Å². The van der Waals surface area contributed by atoms with Crippen molar-refractivity contribution < 1.29 is 14.6 Å². The van der Waals surface area contributed by atoms with Crippen molar-refractivity contribution in [3.63, 3.8) is 0 Å². The summed E-state index contributed by atoms with van der Waals surface area (Å²) in [6, 6.07) is 3.04. The zero-order chi connectivity index (χ0) is 14.4. The van der Waals surface area contributed by atoms with Gasteiger partial charge in [-0.1, -0.05) is 13.3 Å². The van der Waals surface area contributed by atoms with E-state index in [-0.39, 0.29) is 18.0 Å². The molecule has 1 amide bonds. The predicted molar refractivity (Wildman–Crippen MR) is 67.9 cm³/mol. The summed E-state index contributed by atoms with van der Waals surface area (Å²) in [4.78, 5) is 31.3. The van der Waals surface area contributed by atoms with Gasteiger partial charge in [-0.3, -0.25) is 25.0 Å². The molecule has 0 atom stereocenters. The van der Waals surface area contributed by atoms with E-state index in [4.69, 9.17) is 0 Å². The topological polar surface area (TPSA) is 115 Å². The van der Waals surface area contributed by atoms with Gasteiger partial charge in [0.05, 0.1) is 21.6 Å². The lowest BCUT2D eigenvalue weighted by Gasteiger charge is -2.04. The molecule has 0 heterocycles. The largest absolute Gasteiger partial charge is 0.326 e. The molecule has 0 aliphatic heterocycles. The second-order valence-corrected chi connectivity index (χ2v) is 3.90. The molecule has 8 nitrogen and oxygen atoms in total. The van der Waals surface area contributed by atoms with E-state index in [2.05, 4.69) is 5.32 Å². The van der Waals surface area contributed by atoms with Crippen molar-refractivity contribution in [2.45, 2.75) is 26.2 Å². The van der Waals surface area contributed by atoms with E-state index in [0.717, 1.165) is 24.6 Å². The Balaban J connectivity index is 2.96. The van der Waals surface area contributed by atoms with Gasteiger partial charge in [0.2, 0.25) is 5.91 Å². The van der Waals surface area contributed by atoms with Crippen LogP contribution in [0.4, 0.5) is 17.1 Å². The normalized spacial score (nSPS) is 9.95. The lowest BCUT2D eigenvalue weighted by atomic mass is 10.2. The third-order valence-electron chi connectivity index (χ3n) is 2.37. The van der Waals surface area contributed by atoms with Crippen molar-refractivity contribution in [2.24, 2.45) is 0 Å². The number of non-ortho nitro benzene ring substituents is 2. The fraction of sp³-hybridized carbons (Fsp3) is 0.364. The first kappa shape index (κ1) is 14.6. The van der Waals surface area contributed by atoms with Gasteiger partial charge in [-0.25, -0.2) is 0 Å². The maximum Gasteiger partial charge on any atom is 0.278 e. The number of anilines is 1. The molecule has 8 heteroatoms. The van der Waals surface area contributed by atoms with Crippen molar-refractivity contribution in [1.82, 2.24) is 0 Å². The molecule has 0 aromatic heterocycles. The molecule has 0 unspecified atom stereocenters. The predicted octanol–water partition coefficient (Wildman–Crippen LogP) is 2.63. The summed E-state index contributed by atoms with van der Waals surface area (Å²) in [6.45, 7) is 1.92. The first-order valence-electron chi connectivity index (χ1n) is 5.67. The van der Waals surface area contributed by atoms with Crippen LogP contribution in [0.5, 0.6) is 0 Å². The third kappa shape index (κ3) is 4.34. The number of benzene rings is 1. The van der Waals surface area contributed by atoms with Crippen LogP contribution < -0.4 is 5.32 Å². The first-order chi connectivity index (χ1) is 8.93. The highest BCUT2D eigenvalue weighted by Crippen LogP contribution is 2.25. The van der Waals surface area contributed by atoms with Crippen LogP contribution in [-0.4, -0.2) is 15.8 Å². The minimum Gasteiger partial charge on any atom is -0.326 e. The van der Waals surface area contributed by atoms with E-state index >= 15 is 0 Å². The van der Waals surface area contributed by atoms with Gasteiger partial charge in [-0.15, -0.1) is 0 Å². The molecular weight excluding hydrogens is 254 g/mol. The van der Waals surface area contributed by atoms with Crippen molar-refractivity contribution in [3.8, 4) is 0 Å².